The molecule has 0 aliphatic heterocycles. The lowest BCUT2D eigenvalue weighted by Gasteiger charge is -2.22. The van der Waals surface area contributed by atoms with E-state index in [9.17, 15) is 9.59 Å². The molecule has 0 atom stereocenters. The van der Waals surface area contributed by atoms with Gasteiger partial charge >= 0.3 is 12.1 Å². The van der Waals surface area contributed by atoms with Crippen LogP contribution in [0.4, 0.5) is 4.79 Å². The number of hydrogen-bond acceptors (Lipinski definition) is 4. The topological polar surface area (TPSA) is 64.6 Å². The van der Waals surface area contributed by atoms with Gasteiger partial charge in [-0.1, -0.05) is 30.9 Å². The summed E-state index contributed by atoms with van der Waals surface area (Å²) >= 11 is 5.85. The second-order valence-corrected chi connectivity index (χ2v) is 5.44. The van der Waals surface area contributed by atoms with Crippen LogP contribution in [0.15, 0.2) is 18.2 Å². The van der Waals surface area contributed by atoms with Crippen molar-refractivity contribution in [1.82, 2.24) is 5.32 Å². The molecule has 21 heavy (non-hydrogen) atoms. The standard InChI is InChI=1S/C15H18ClNO4/c1-20-13-8-7-10(16)9-12(13)14(18)21-15(19)17-11-5-3-2-4-6-11/h7-9,11H,2-6H2,1H3,(H,17,19). The third-order valence-corrected chi connectivity index (χ3v) is 3.73. The molecule has 0 heterocycles. The Morgan fingerprint density at radius 1 is 1.24 bits per heavy atom. The van der Waals surface area contributed by atoms with E-state index in [1.165, 1.54) is 19.6 Å². The molecule has 0 bridgehead atoms. The molecule has 114 valence electrons. The Morgan fingerprint density at radius 3 is 2.62 bits per heavy atom. The van der Waals surface area contributed by atoms with Crippen LogP contribution in [0.5, 0.6) is 5.75 Å². The molecule has 1 aliphatic carbocycles. The first kappa shape index (κ1) is 15.6. The number of benzene rings is 1. The van der Waals surface area contributed by atoms with Crippen molar-refractivity contribution in [3.8, 4) is 5.75 Å². The average molecular weight is 312 g/mol. The fourth-order valence-electron chi connectivity index (χ4n) is 2.42. The zero-order chi connectivity index (χ0) is 15.2. The fourth-order valence-corrected chi connectivity index (χ4v) is 2.59. The van der Waals surface area contributed by atoms with Gasteiger partial charge in [-0.05, 0) is 31.0 Å². The van der Waals surface area contributed by atoms with Crippen molar-refractivity contribution in [2.24, 2.45) is 0 Å². The fraction of sp³-hybridized carbons (Fsp3) is 0.467. The van der Waals surface area contributed by atoms with E-state index in [2.05, 4.69) is 5.32 Å². The number of nitrogens with one attached hydrogen (secondary N) is 1. The van der Waals surface area contributed by atoms with Crippen molar-refractivity contribution in [3.05, 3.63) is 28.8 Å². The Morgan fingerprint density at radius 2 is 1.95 bits per heavy atom. The van der Waals surface area contributed by atoms with E-state index in [1.54, 1.807) is 12.1 Å². The second kappa shape index (κ2) is 7.31. The summed E-state index contributed by atoms with van der Waals surface area (Å²) in [5.41, 5.74) is 0.129. The minimum absolute atomic E-state index is 0.0836. The molecule has 5 nitrogen and oxygen atoms in total. The van der Waals surface area contributed by atoms with Crippen LogP contribution in [0.3, 0.4) is 0 Å². The van der Waals surface area contributed by atoms with Crippen molar-refractivity contribution in [2.75, 3.05) is 7.11 Å². The van der Waals surface area contributed by atoms with Crippen LogP contribution < -0.4 is 10.1 Å². The molecular formula is C15H18ClNO4. The molecule has 2 rings (SSSR count). The molecule has 1 N–H and O–H groups in total. The largest absolute Gasteiger partial charge is 0.496 e. The first-order valence-corrected chi connectivity index (χ1v) is 7.34. The number of halogens is 1. The van der Waals surface area contributed by atoms with Gasteiger partial charge in [-0.3, -0.25) is 0 Å². The highest BCUT2D eigenvalue weighted by Crippen LogP contribution is 2.23. The van der Waals surface area contributed by atoms with E-state index < -0.39 is 12.1 Å². The lowest BCUT2D eigenvalue weighted by atomic mass is 9.96. The smallest absolute Gasteiger partial charge is 0.415 e. The maximum Gasteiger partial charge on any atom is 0.415 e. The van der Waals surface area contributed by atoms with E-state index in [0.29, 0.717) is 10.8 Å². The van der Waals surface area contributed by atoms with Crippen molar-refractivity contribution < 1.29 is 19.1 Å². The highest BCUT2D eigenvalue weighted by molar-refractivity contribution is 6.31. The van der Waals surface area contributed by atoms with Crippen LogP contribution in [-0.2, 0) is 4.74 Å². The van der Waals surface area contributed by atoms with E-state index in [0.717, 1.165) is 25.7 Å². The van der Waals surface area contributed by atoms with Gasteiger partial charge in [0.2, 0.25) is 0 Å². The molecule has 1 amide bonds. The predicted molar refractivity (Wildman–Crippen MR) is 78.8 cm³/mol. The summed E-state index contributed by atoms with van der Waals surface area (Å²) in [4.78, 5) is 23.8. The molecule has 0 aromatic heterocycles. The van der Waals surface area contributed by atoms with E-state index in [-0.39, 0.29) is 11.6 Å². The Balaban J connectivity index is 1.97. The summed E-state index contributed by atoms with van der Waals surface area (Å²) in [6.45, 7) is 0. The maximum atomic E-state index is 12.0. The van der Waals surface area contributed by atoms with Gasteiger partial charge in [-0.15, -0.1) is 0 Å². The van der Waals surface area contributed by atoms with Crippen molar-refractivity contribution in [1.29, 1.82) is 0 Å². The number of hydrogen-bond donors (Lipinski definition) is 1. The second-order valence-electron chi connectivity index (χ2n) is 5.00. The summed E-state index contributed by atoms with van der Waals surface area (Å²) in [5.74, 6) is -0.461. The number of carbonyl (C=O) groups is 2. The van der Waals surface area contributed by atoms with Crippen molar-refractivity contribution >= 4 is 23.7 Å². The highest BCUT2D eigenvalue weighted by Gasteiger charge is 2.21. The van der Waals surface area contributed by atoms with Gasteiger partial charge in [-0.25, -0.2) is 9.59 Å². The lowest BCUT2D eigenvalue weighted by Crippen LogP contribution is -2.37. The summed E-state index contributed by atoms with van der Waals surface area (Å²) in [5, 5.41) is 3.09. The molecular weight excluding hydrogens is 294 g/mol. The van der Waals surface area contributed by atoms with Crippen LogP contribution >= 0.6 is 11.6 Å². The minimum Gasteiger partial charge on any atom is -0.496 e. The molecule has 1 fully saturated rings. The van der Waals surface area contributed by atoms with Crippen LogP contribution in [0, 0.1) is 0 Å². The average Bonchev–Trinajstić information content (AvgIpc) is 2.48. The minimum atomic E-state index is -0.775. The molecule has 1 aliphatic rings. The van der Waals surface area contributed by atoms with Gasteiger partial charge in [-0.2, -0.15) is 0 Å². The van der Waals surface area contributed by atoms with Crippen molar-refractivity contribution in [2.45, 2.75) is 38.1 Å². The summed E-state index contributed by atoms with van der Waals surface area (Å²) in [6.07, 6.45) is 4.47. The number of rotatable bonds is 3. The Hall–Kier alpha value is -1.75. The van der Waals surface area contributed by atoms with Crippen LogP contribution in [0.2, 0.25) is 5.02 Å². The molecule has 1 saturated carbocycles. The number of carbonyl (C=O) groups excluding carboxylic acids is 2. The van der Waals surface area contributed by atoms with Gasteiger partial charge in [0, 0.05) is 11.1 Å². The maximum absolute atomic E-state index is 12.0. The van der Waals surface area contributed by atoms with Crippen molar-refractivity contribution in [3.63, 3.8) is 0 Å². The van der Waals surface area contributed by atoms with Gasteiger partial charge < -0.3 is 14.8 Å². The van der Waals surface area contributed by atoms with Crippen LogP contribution in [-0.4, -0.2) is 25.2 Å². The summed E-state index contributed by atoms with van der Waals surface area (Å²) < 4.78 is 9.87. The number of methoxy groups -OCH3 is 1. The third kappa shape index (κ3) is 4.36. The number of amides is 1. The quantitative estimate of drug-likeness (QED) is 0.685. The molecule has 1 aromatic rings. The van der Waals surface area contributed by atoms with E-state index in [1.807, 2.05) is 0 Å². The Labute approximate surface area is 128 Å². The van der Waals surface area contributed by atoms with Gasteiger partial charge in [0.25, 0.3) is 0 Å². The first-order chi connectivity index (χ1) is 10.1. The molecule has 0 spiro atoms. The molecule has 0 unspecified atom stereocenters. The third-order valence-electron chi connectivity index (χ3n) is 3.49. The molecule has 0 saturated heterocycles. The van der Waals surface area contributed by atoms with Crippen LogP contribution in [0.1, 0.15) is 42.5 Å². The number of alkyl carbamates (subject to hydrolysis) is 1. The normalized spacial score (nSPS) is 15.3. The van der Waals surface area contributed by atoms with E-state index in [4.69, 9.17) is 21.1 Å². The summed E-state index contributed by atoms with van der Waals surface area (Å²) in [7, 11) is 1.43. The van der Waals surface area contributed by atoms with Gasteiger partial charge in [0.15, 0.2) is 0 Å². The predicted octanol–water partition coefficient (Wildman–Crippen LogP) is 3.55. The van der Waals surface area contributed by atoms with Crippen LogP contribution in [0.25, 0.3) is 0 Å². The molecule has 1 aromatic carbocycles. The zero-order valence-corrected chi connectivity index (χ0v) is 12.6. The monoisotopic (exact) mass is 311 g/mol. The van der Waals surface area contributed by atoms with Gasteiger partial charge in [0.05, 0.1) is 7.11 Å². The Kier molecular flexibility index (Phi) is 5.44. The molecule has 0 radical (unpaired) electrons. The zero-order valence-electron chi connectivity index (χ0n) is 11.9. The Bertz CT molecular complexity index is 526. The lowest BCUT2D eigenvalue weighted by molar-refractivity contribution is 0.0611. The van der Waals surface area contributed by atoms with E-state index >= 15 is 0 Å². The molecule has 6 heteroatoms. The number of ether oxygens (including phenoxy) is 2. The SMILES string of the molecule is COc1ccc(Cl)cc1C(=O)OC(=O)NC1CCCCC1. The summed E-state index contributed by atoms with van der Waals surface area (Å²) in [6, 6.07) is 4.65. The number of esters is 1. The highest BCUT2D eigenvalue weighted by atomic mass is 35.5. The first-order valence-electron chi connectivity index (χ1n) is 6.96. The van der Waals surface area contributed by atoms with Gasteiger partial charge in [0.1, 0.15) is 11.3 Å².